The van der Waals surface area contributed by atoms with Crippen molar-refractivity contribution in [1.82, 2.24) is 31.9 Å². The van der Waals surface area contributed by atoms with E-state index in [2.05, 4.69) is 38.8 Å². The van der Waals surface area contributed by atoms with E-state index < -0.39 is 53.8 Å². The van der Waals surface area contributed by atoms with Crippen molar-refractivity contribution in [3.05, 3.63) is 65.7 Å². The summed E-state index contributed by atoms with van der Waals surface area (Å²) >= 11 is 0. The summed E-state index contributed by atoms with van der Waals surface area (Å²) in [7, 11) is 0. The first-order valence-electron chi connectivity index (χ1n) is 24.0. The van der Waals surface area contributed by atoms with Gasteiger partial charge in [0.15, 0.2) is 11.7 Å². The van der Waals surface area contributed by atoms with Gasteiger partial charge in [-0.15, -0.1) is 0 Å². The van der Waals surface area contributed by atoms with Crippen LogP contribution in [0.15, 0.2) is 54.6 Å². The Labute approximate surface area is 387 Å². The first-order chi connectivity index (χ1) is 31.1. The van der Waals surface area contributed by atoms with Crippen molar-refractivity contribution in [3.8, 4) is 5.75 Å². The quantitative estimate of drug-likeness (QED) is 0.0227. The van der Waals surface area contributed by atoms with E-state index >= 15 is 0 Å². The minimum Gasteiger partial charge on any atom is -0.508 e. The third kappa shape index (κ3) is 25.0. The molecule has 0 aromatic heterocycles. The number of phenols is 1. The maximum atomic E-state index is 14.2. The fourth-order valence-electron chi connectivity index (χ4n) is 7.54. The monoisotopic (exact) mass is 905 g/mol. The first-order valence-corrected chi connectivity index (χ1v) is 24.0. The van der Waals surface area contributed by atoms with Gasteiger partial charge in [0.1, 0.15) is 29.9 Å². The zero-order valence-electron chi connectivity index (χ0n) is 39.8. The summed E-state index contributed by atoms with van der Waals surface area (Å²) in [5.41, 5.74) is 6.71. The highest BCUT2D eigenvalue weighted by Crippen LogP contribution is 2.15. The molecule has 362 valence electrons. The lowest BCUT2D eigenvalue weighted by Gasteiger charge is -2.27. The molecular weight excluding hydrogens is 825 g/mol. The van der Waals surface area contributed by atoms with Gasteiger partial charge in [-0.25, -0.2) is 0 Å². The molecule has 0 saturated carbocycles. The highest BCUT2D eigenvalue weighted by molar-refractivity contribution is 5.96. The summed E-state index contributed by atoms with van der Waals surface area (Å²) in [5.74, 6) is -3.11. The summed E-state index contributed by atoms with van der Waals surface area (Å²) in [6, 6.07) is 9.92. The molecule has 0 aliphatic heterocycles. The van der Waals surface area contributed by atoms with E-state index in [0.29, 0.717) is 31.4 Å². The molecule has 0 radical (unpaired) electrons. The molecule has 0 saturated heterocycles. The number of Topliss-reactive ketones (excluding diaryl/α,β-unsaturated/α-hetero) is 1. The van der Waals surface area contributed by atoms with Gasteiger partial charge in [-0.1, -0.05) is 140 Å². The predicted octanol–water partition coefficient (Wildman–Crippen LogP) is 6.00. The first kappa shape index (κ1) is 55.7. The molecule has 0 aliphatic carbocycles. The van der Waals surface area contributed by atoms with Crippen molar-refractivity contribution in [1.29, 1.82) is 5.41 Å². The molecule has 0 bridgehead atoms. The standard InChI is InChI=1S/C50H80N8O7/c1-6-7-8-9-10-11-12-13-14-15-16-17-21-26-45(61)55-42(32-35(2)3)47(63)54-36(4)46(62)57-43(34-39-27-29-40(60)30-28-39)49(65)58-44(33-38-23-19-18-20-24-38)48(64)56-41(37(5)59)25-22-31-53-50(51)52/h18-20,23-24,27-30,35-36,41-44,60H,6-17,21-22,25-26,31-34H2,1-5H3,(H,54,63)(H,55,61)(H,56,64)(H,57,62)(H,58,65)(H4,51,52,53)/t36-,41-,42?,43-,44-/m0/s1. The Morgan fingerprint density at radius 1 is 0.585 bits per heavy atom. The number of unbranched alkanes of at least 4 members (excludes halogenated alkanes) is 12. The topological polar surface area (TPSA) is 245 Å². The lowest BCUT2D eigenvalue weighted by Crippen LogP contribution is -2.59. The van der Waals surface area contributed by atoms with E-state index in [9.17, 15) is 33.9 Å². The molecule has 1 unspecified atom stereocenters. The third-order valence-electron chi connectivity index (χ3n) is 11.3. The van der Waals surface area contributed by atoms with Crippen molar-refractivity contribution < 1.29 is 33.9 Å². The van der Waals surface area contributed by atoms with E-state index in [0.717, 1.165) is 31.2 Å². The highest BCUT2D eigenvalue weighted by Gasteiger charge is 2.31. The van der Waals surface area contributed by atoms with Gasteiger partial charge < -0.3 is 42.7 Å². The molecule has 0 spiro atoms. The number of aromatic hydroxyl groups is 1. The second-order valence-corrected chi connectivity index (χ2v) is 17.8. The molecule has 0 aliphatic rings. The largest absolute Gasteiger partial charge is 0.508 e. The summed E-state index contributed by atoms with van der Waals surface area (Å²) in [5, 5.41) is 33.9. The zero-order valence-corrected chi connectivity index (χ0v) is 39.8. The Morgan fingerprint density at radius 3 is 1.57 bits per heavy atom. The van der Waals surface area contributed by atoms with Gasteiger partial charge >= 0.3 is 0 Å². The number of carbonyl (C=O) groups excluding carboxylic acids is 6. The van der Waals surface area contributed by atoms with Crippen LogP contribution in [0, 0.1) is 11.3 Å². The molecule has 15 nitrogen and oxygen atoms in total. The fraction of sp³-hybridized carbons (Fsp3) is 0.620. The number of hydrogen-bond acceptors (Lipinski definition) is 8. The van der Waals surface area contributed by atoms with Crippen LogP contribution in [-0.4, -0.2) is 83.1 Å². The van der Waals surface area contributed by atoms with Crippen LogP contribution in [0.4, 0.5) is 0 Å². The maximum Gasteiger partial charge on any atom is 0.243 e. The van der Waals surface area contributed by atoms with E-state index in [4.69, 9.17) is 11.1 Å². The van der Waals surface area contributed by atoms with E-state index in [1.165, 1.54) is 83.8 Å². The van der Waals surface area contributed by atoms with Crippen molar-refractivity contribution in [3.63, 3.8) is 0 Å². The van der Waals surface area contributed by atoms with E-state index in [1.807, 2.05) is 19.9 Å². The normalized spacial score (nSPS) is 13.4. The lowest BCUT2D eigenvalue weighted by molar-refractivity contribution is -0.134. The Hall–Kier alpha value is -5.47. The minimum absolute atomic E-state index is 0.0132. The average molecular weight is 905 g/mol. The van der Waals surface area contributed by atoms with E-state index in [1.54, 1.807) is 36.4 Å². The number of hydrogen-bond donors (Lipinski definition) is 9. The second kappa shape index (κ2) is 32.2. The molecule has 10 N–H and O–H groups in total. The number of nitrogens with two attached hydrogens (primary N) is 1. The summed E-state index contributed by atoms with van der Waals surface area (Å²) < 4.78 is 0. The molecule has 65 heavy (non-hydrogen) atoms. The number of guanidine groups is 1. The van der Waals surface area contributed by atoms with Crippen molar-refractivity contribution in [2.45, 2.75) is 187 Å². The van der Waals surface area contributed by atoms with Gasteiger partial charge in [0, 0.05) is 25.8 Å². The number of rotatable bonds is 34. The van der Waals surface area contributed by atoms with Crippen LogP contribution in [0.2, 0.25) is 0 Å². The lowest BCUT2D eigenvalue weighted by atomic mass is 10.0. The van der Waals surface area contributed by atoms with Gasteiger partial charge in [-0.05, 0) is 68.7 Å². The van der Waals surface area contributed by atoms with Gasteiger partial charge in [-0.3, -0.25) is 34.2 Å². The molecule has 2 aromatic rings. The van der Waals surface area contributed by atoms with E-state index in [-0.39, 0.29) is 48.6 Å². The number of nitrogens with one attached hydrogen (secondary N) is 7. The molecule has 5 atom stereocenters. The van der Waals surface area contributed by atoms with Crippen LogP contribution in [0.5, 0.6) is 5.75 Å². The summed E-state index contributed by atoms with van der Waals surface area (Å²) in [6.07, 6.45) is 17.0. The van der Waals surface area contributed by atoms with Crippen LogP contribution >= 0.6 is 0 Å². The molecule has 0 fully saturated rings. The molecule has 2 rings (SSSR count). The predicted molar refractivity (Wildman–Crippen MR) is 257 cm³/mol. The van der Waals surface area contributed by atoms with Crippen LogP contribution in [0.1, 0.15) is 155 Å². The highest BCUT2D eigenvalue weighted by atomic mass is 16.3. The molecule has 0 heterocycles. The number of carbonyl (C=O) groups is 6. The van der Waals surface area contributed by atoms with Crippen LogP contribution < -0.4 is 37.6 Å². The fourth-order valence-corrected chi connectivity index (χ4v) is 7.54. The number of benzene rings is 2. The Kier molecular flexibility index (Phi) is 27.6. The summed E-state index contributed by atoms with van der Waals surface area (Å²) in [4.78, 5) is 81.0. The second-order valence-electron chi connectivity index (χ2n) is 17.8. The third-order valence-corrected chi connectivity index (χ3v) is 11.3. The van der Waals surface area contributed by atoms with Gasteiger partial charge in [0.25, 0.3) is 0 Å². The van der Waals surface area contributed by atoms with Crippen molar-refractivity contribution >= 4 is 41.3 Å². The Morgan fingerprint density at radius 2 is 1.06 bits per heavy atom. The average Bonchev–Trinajstić information content (AvgIpc) is 3.26. The SMILES string of the molecule is CCCCCCCCCCCCCCCC(=O)NC(CC(C)C)C(=O)N[C@@H](C)C(=O)N[C@@H](Cc1ccc(O)cc1)C(=O)N[C@@H](Cc1ccccc1)C(=O)N[C@@H](CCCNC(=N)N)C(C)=O. The molecular formula is C50H80N8O7. The molecule has 5 amide bonds. The maximum absolute atomic E-state index is 14.2. The van der Waals surface area contributed by atoms with Crippen LogP contribution in [0.25, 0.3) is 0 Å². The smallest absolute Gasteiger partial charge is 0.243 e. The minimum atomic E-state index is -1.23. The number of amides is 5. The van der Waals surface area contributed by atoms with Crippen molar-refractivity contribution in [2.24, 2.45) is 11.7 Å². The number of ketones is 1. The molecule has 15 heteroatoms. The Balaban J connectivity index is 2.09. The summed E-state index contributed by atoms with van der Waals surface area (Å²) in [6.45, 7) is 9.30. The molecule has 2 aromatic carbocycles. The van der Waals surface area contributed by atoms with Gasteiger partial charge in [0.2, 0.25) is 29.5 Å². The Bertz CT molecular complexity index is 1740. The van der Waals surface area contributed by atoms with Gasteiger partial charge in [0.05, 0.1) is 6.04 Å². The van der Waals surface area contributed by atoms with Gasteiger partial charge in [-0.2, -0.15) is 0 Å². The van der Waals surface area contributed by atoms with Crippen molar-refractivity contribution in [2.75, 3.05) is 6.54 Å². The van der Waals surface area contributed by atoms with Crippen LogP contribution in [0.3, 0.4) is 0 Å². The van der Waals surface area contributed by atoms with Crippen LogP contribution in [-0.2, 0) is 41.6 Å². The zero-order chi connectivity index (χ0) is 48.0. The number of phenolic OH excluding ortho intramolecular Hbond substituents is 1.